The predicted molar refractivity (Wildman–Crippen MR) is 117 cm³/mol. The smallest absolute Gasteiger partial charge is 0.237 e. The minimum atomic E-state index is -0.0357. The quantitative estimate of drug-likeness (QED) is 0.814. The number of nitrogens with one attached hydrogen (secondary N) is 1. The minimum absolute atomic E-state index is 0.0357. The van der Waals surface area contributed by atoms with Gasteiger partial charge in [-0.25, -0.2) is 0 Å². The molecule has 1 heterocycles. The second kappa shape index (κ2) is 10.2. The molecule has 4 atom stereocenters. The first-order valence-electron chi connectivity index (χ1n) is 11.0. The maximum absolute atomic E-state index is 12.8. The molecule has 1 saturated heterocycles. The summed E-state index contributed by atoms with van der Waals surface area (Å²) < 4.78 is 0. The molecular formula is C24H37N3O. The molecule has 0 radical (unpaired) electrons. The summed E-state index contributed by atoms with van der Waals surface area (Å²) in [6.45, 7) is 11.6. The number of nitrogens with zero attached hydrogens (tertiary/aromatic N) is 2. The van der Waals surface area contributed by atoms with Gasteiger partial charge in [0.05, 0.1) is 6.04 Å². The highest BCUT2D eigenvalue weighted by Gasteiger charge is 2.31. The van der Waals surface area contributed by atoms with Crippen LogP contribution in [0.2, 0.25) is 0 Å². The highest BCUT2D eigenvalue weighted by molar-refractivity contribution is 5.81. The molecule has 2 fully saturated rings. The summed E-state index contributed by atoms with van der Waals surface area (Å²) in [5.74, 6) is 1.50. The van der Waals surface area contributed by atoms with Gasteiger partial charge in [-0.1, -0.05) is 69.2 Å². The topological polar surface area (TPSA) is 35.6 Å². The van der Waals surface area contributed by atoms with Gasteiger partial charge in [-0.05, 0) is 30.7 Å². The third kappa shape index (κ3) is 5.68. The lowest BCUT2D eigenvalue weighted by Crippen LogP contribution is -2.56. The van der Waals surface area contributed by atoms with E-state index in [-0.39, 0.29) is 11.9 Å². The van der Waals surface area contributed by atoms with Crippen molar-refractivity contribution in [2.75, 3.05) is 32.7 Å². The van der Waals surface area contributed by atoms with Crippen molar-refractivity contribution in [1.82, 2.24) is 15.1 Å². The average Bonchev–Trinajstić information content (AvgIpc) is 2.72. The fraction of sp³-hybridized carbons (Fsp3) is 0.625. The maximum atomic E-state index is 12.8. The van der Waals surface area contributed by atoms with Crippen molar-refractivity contribution in [3.05, 3.63) is 42.0 Å². The molecular weight excluding hydrogens is 346 g/mol. The Morgan fingerprint density at radius 3 is 2.57 bits per heavy atom. The highest BCUT2D eigenvalue weighted by atomic mass is 16.2. The van der Waals surface area contributed by atoms with Crippen molar-refractivity contribution in [2.24, 2.45) is 11.8 Å². The second-order valence-electron chi connectivity index (χ2n) is 8.71. The molecule has 1 amide bonds. The van der Waals surface area contributed by atoms with Gasteiger partial charge in [0.1, 0.15) is 0 Å². The summed E-state index contributed by atoms with van der Waals surface area (Å²) in [5.41, 5.74) is 1.25. The SMILES string of the molecule is C[C@@H]1[C@@H](C)CCC[C@H]1NC(=O)[C@@H](C)N1CCN(C/C=C/c2ccccc2)CC1. The molecule has 28 heavy (non-hydrogen) atoms. The zero-order chi connectivity index (χ0) is 19.9. The number of hydrogen-bond donors (Lipinski definition) is 1. The molecule has 0 unspecified atom stereocenters. The Labute approximate surface area is 171 Å². The molecule has 3 rings (SSSR count). The number of piperazine rings is 1. The Bertz CT molecular complexity index is 637. The Morgan fingerprint density at radius 1 is 1.14 bits per heavy atom. The zero-order valence-electron chi connectivity index (χ0n) is 17.8. The molecule has 4 heteroatoms. The van der Waals surface area contributed by atoms with E-state index in [1.807, 2.05) is 6.07 Å². The van der Waals surface area contributed by atoms with E-state index in [1.54, 1.807) is 0 Å². The summed E-state index contributed by atoms with van der Waals surface area (Å²) in [4.78, 5) is 17.6. The first-order chi connectivity index (χ1) is 13.5. The lowest BCUT2D eigenvalue weighted by Gasteiger charge is -2.39. The van der Waals surface area contributed by atoms with Crippen LogP contribution in [0.5, 0.6) is 0 Å². The van der Waals surface area contributed by atoms with Crippen molar-refractivity contribution < 1.29 is 4.79 Å². The molecule has 1 aliphatic heterocycles. The van der Waals surface area contributed by atoms with Gasteiger partial charge in [-0.2, -0.15) is 0 Å². The van der Waals surface area contributed by atoms with Gasteiger partial charge >= 0.3 is 0 Å². The van der Waals surface area contributed by atoms with Gasteiger partial charge in [0.2, 0.25) is 5.91 Å². The Kier molecular flexibility index (Phi) is 7.69. The number of hydrogen-bond acceptors (Lipinski definition) is 3. The Morgan fingerprint density at radius 2 is 1.86 bits per heavy atom. The molecule has 1 aliphatic carbocycles. The molecule has 154 valence electrons. The predicted octanol–water partition coefficient (Wildman–Crippen LogP) is 3.65. The summed E-state index contributed by atoms with van der Waals surface area (Å²) in [5, 5.41) is 3.35. The number of carbonyl (C=O) groups is 1. The fourth-order valence-corrected chi connectivity index (χ4v) is 4.49. The molecule has 0 bridgehead atoms. The first kappa shape index (κ1) is 21.1. The van der Waals surface area contributed by atoms with E-state index in [4.69, 9.17) is 0 Å². The van der Waals surface area contributed by atoms with Gasteiger partial charge in [0, 0.05) is 38.8 Å². The summed E-state index contributed by atoms with van der Waals surface area (Å²) >= 11 is 0. The Hall–Kier alpha value is -1.65. The van der Waals surface area contributed by atoms with E-state index in [0.29, 0.717) is 17.9 Å². The van der Waals surface area contributed by atoms with Gasteiger partial charge in [-0.3, -0.25) is 14.6 Å². The average molecular weight is 384 g/mol. The van der Waals surface area contributed by atoms with E-state index in [2.05, 4.69) is 72.3 Å². The van der Waals surface area contributed by atoms with Gasteiger partial charge in [0.15, 0.2) is 0 Å². The number of benzene rings is 1. The third-order valence-electron chi connectivity index (χ3n) is 6.84. The van der Waals surface area contributed by atoms with Crippen LogP contribution in [0.3, 0.4) is 0 Å². The lowest BCUT2D eigenvalue weighted by atomic mass is 9.78. The third-order valence-corrected chi connectivity index (χ3v) is 6.84. The fourth-order valence-electron chi connectivity index (χ4n) is 4.49. The summed E-state index contributed by atoms with van der Waals surface area (Å²) in [6, 6.07) is 10.8. The van der Waals surface area contributed by atoms with Crippen LogP contribution in [0.25, 0.3) is 6.08 Å². The van der Waals surface area contributed by atoms with E-state index in [0.717, 1.165) is 39.1 Å². The van der Waals surface area contributed by atoms with Crippen LogP contribution in [0.15, 0.2) is 36.4 Å². The van der Waals surface area contributed by atoms with Crippen LogP contribution >= 0.6 is 0 Å². The van der Waals surface area contributed by atoms with E-state index in [9.17, 15) is 4.79 Å². The van der Waals surface area contributed by atoms with Crippen LogP contribution in [0.4, 0.5) is 0 Å². The zero-order valence-corrected chi connectivity index (χ0v) is 17.8. The molecule has 4 nitrogen and oxygen atoms in total. The van der Waals surface area contributed by atoms with Crippen LogP contribution < -0.4 is 5.32 Å². The van der Waals surface area contributed by atoms with Crippen LogP contribution in [-0.2, 0) is 4.79 Å². The molecule has 1 aromatic carbocycles. The number of amides is 1. The number of rotatable bonds is 6. The Balaban J connectivity index is 1.41. The van der Waals surface area contributed by atoms with Crippen LogP contribution in [-0.4, -0.2) is 60.5 Å². The maximum Gasteiger partial charge on any atom is 0.237 e. The van der Waals surface area contributed by atoms with Gasteiger partial charge in [-0.15, -0.1) is 0 Å². The van der Waals surface area contributed by atoms with Crippen molar-refractivity contribution in [3.63, 3.8) is 0 Å². The molecule has 2 aliphatic rings. The summed E-state index contributed by atoms with van der Waals surface area (Å²) in [7, 11) is 0. The first-order valence-corrected chi connectivity index (χ1v) is 11.0. The van der Waals surface area contributed by atoms with Crippen LogP contribution in [0, 0.1) is 11.8 Å². The van der Waals surface area contributed by atoms with E-state index >= 15 is 0 Å². The van der Waals surface area contributed by atoms with Gasteiger partial charge in [0.25, 0.3) is 0 Å². The summed E-state index contributed by atoms with van der Waals surface area (Å²) in [6.07, 6.45) is 8.09. The molecule has 1 N–H and O–H groups in total. The standard InChI is InChI=1S/C24H37N3O/c1-19-9-7-13-23(20(19)2)25-24(28)21(3)27-17-15-26(16-18-27)14-8-12-22-10-5-4-6-11-22/h4-6,8,10-12,19-21,23H,7,9,13-18H2,1-3H3,(H,25,28)/b12-8+/t19-,20+,21+,23+/m0/s1. The van der Waals surface area contributed by atoms with Crippen molar-refractivity contribution in [2.45, 2.75) is 52.1 Å². The highest BCUT2D eigenvalue weighted by Crippen LogP contribution is 2.29. The lowest BCUT2D eigenvalue weighted by molar-refractivity contribution is -0.128. The molecule has 0 spiro atoms. The van der Waals surface area contributed by atoms with Crippen molar-refractivity contribution in [1.29, 1.82) is 0 Å². The van der Waals surface area contributed by atoms with E-state index in [1.165, 1.54) is 18.4 Å². The monoisotopic (exact) mass is 383 g/mol. The minimum Gasteiger partial charge on any atom is -0.352 e. The van der Waals surface area contributed by atoms with Crippen LogP contribution in [0.1, 0.15) is 45.6 Å². The van der Waals surface area contributed by atoms with Crippen molar-refractivity contribution >= 4 is 12.0 Å². The molecule has 1 saturated carbocycles. The number of carbonyl (C=O) groups excluding carboxylic acids is 1. The van der Waals surface area contributed by atoms with Crippen molar-refractivity contribution in [3.8, 4) is 0 Å². The van der Waals surface area contributed by atoms with E-state index < -0.39 is 0 Å². The van der Waals surface area contributed by atoms with Gasteiger partial charge < -0.3 is 5.32 Å². The molecule has 0 aromatic heterocycles. The molecule has 1 aromatic rings. The largest absolute Gasteiger partial charge is 0.352 e. The normalized spacial score (nSPS) is 28.3. The second-order valence-corrected chi connectivity index (χ2v) is 8.71.